The number of nitrogens with zero attached hydrogens (tertiary/aromatic N) is 2. The minimum absolute atomic E-state index is 0.402. The molecule has 0 aromatic carbocycles. The van der Waals surface area contributed by atoms with Gasteiger partial charge >= 0.3 is 0 Å². The molecule has 3 rings (SSSR count). The highest BCUT2D eigenvalue weighted by atomic mass is 15.3. The molecule has 0 radical (unpaired) electrons. The second-order valence-corrected chi connectivity index (χ2v) is 5.22. The maximum Gasteiger partial charge on any atom is 0.128 e. The molecule has 2 aliphatic rings. The first-order chi connectivity index (χ1) is 7.74. The largest absolute Gasteiger partial charge is 0.351 e. The highest BCUT2D eigenvalue weighted by Gasteiger charge is 2.40. The Hall–Kier alpha value is -1.09. The van der Waals surface area contributed by atoms with Crippen molar-refractivity contribution in [1.82, 2.24) is 4.98 Å². The van der Waals surface area contributed by atoms with E-state index in [4.69, 9.17) is 5.73 Å². The lowest BCUT2D eigenvalue weighted by molar-refractivity contribution is 0.412. The fraction of sp³-hybridized carbons (Fsp3) is 0.615. The van der Waals surface area contributed by atoms with E-state index in [-0.39, 0.29) is 0 Å². The number of anilines is 1. The third-order valence-electron chi connectivity index (χ3n) is 3.93. The number of piperidine rings is 1. The topological polar surface area (TPSA) is 42.1 Å². The van der Waals surface area contributed by atoms with Crippen molar-refractivity contribution in [2.24, 2.45) is 5.73 Å². The normalized spacial score (nSPS) is 33.1. The molecule has 2 aliphatic heterocycles. The molecule has 3 heterocycles. The van der Waals surface area contributed by atoms with Gasteiger partial charge in [0.15, 0.2) is 0 Å². The Morgan fingerprint density at radius 2 is 1.94 bits per heavy atom. The number of aryl methyl sites for hydroxylation is 1. The summed E-state index contributed by atoms with van der Waals surface area (Å²) in [7, 11) is 0. The number of pyridine rings is 1. The van der Waals surface area contributed by atoms with Crippen LogP contribution in [0.5, 0.6) is 0 Å². The summed E-state index contributed by atoms with van der Waals surface area (Å²) in [5.74, 6) is 1.14. The minimum Gasteiger partial charge on any atom is -0.351 e. The molecule has 2 bridgehead atoms. The van der Waals surface area contributed by atoms with Gasteiger partial charge in [-0.25, -0.2) is 4.98 Å². The number of nitrogens with two attached hydrogens (primary N) is 1. The monoisotopic (exact) mass is 217 g/mol. The van der Waals surface area contributed by atoms with Gasteiger partial charge in [-0.15, -0.1) is 0 Å². The molecule has 1 aromatic heterocycles. The van der Waals surface area contributed by atoms with Gasteiger partial charge in [-0.05, 0) is 44.2 Å². The Bertz CT molecular complexity index is 359. The van der Waals surface area contributed by atoms with Gasteiger partial charge in [-0.3, -0.25) is 0 Å². The molecule has 0 spiro atoms. The molecule has 3 nitrogen and oxygen atoms in total. The van der Waals surface area contributed by atoms with E-state index in [1.165, 1.54) is 18.4 Å². The highest BCUT2D eigenvalue weighted by Crippen LogP contribution is 2.37. The Labute approximate surface area is 96.7 Å². The summed E-state index contributed by atoms with van der Waals surface area (Å²) in [6, 6.07) is 5.96. The molecule has 0 aliphatic carbocycles. The lowest BCUT2D eigenvalue weighted by Gasteiger charge is -2.38. The standard InChI is InChI=1S/C13H19N3/c1-9-2-5-13(15-8-9)16-11-3-4-12(16)7-10(14)6-11/h2,5,8,10-12H,3-4,6-7,14H2,1H3. The number of rotatable bonds is 1. The average Bonchev–Trinajstić information content (AvgIpc) is 2.54. The van der Waals surface area contributed by atoms with Crippen LogP contribution in [-0.4, -0.2) is 23.1 Å². The zero-order valence-corrected chi connectivity index (χ0v) is 9.76. The van der Waals surface area contributed by atoms with Gasteiger partial charge in [-0.2, -0.15) is 0 Å². The molecular formula is C13H19N3. The Balaban J connectivity index is 1.88. The van der Waals surface area contributed by atoms with Crippen LogP contribution in [-0.2, 0) is 0 Å². The second-order valence-electron chi connectivity index (χ2n) is 5.22. The van der Waals surface area contributed by atoms with Crippen molar-refractivity contribution in [2.75, 3.05) is 4.90 Å². The van der Waals surface area contributed by atoms with Crippen molar-refractivity contribution in [3.05, 3.63) is 23.9 Å². The Morgan fingerprint density at radius 3 is 2.50 bits per heavy atom. The molecule has 2 atom stereocenters. The third-order valence-corrected chi connectivity index (χ3v) is 3.93. The summed E-state index contributed by atoms with van der Waals surface area (Å²) >= 11 is 0. The summed E-state index contributed by atoms with van der Waals surface area (Å²) < 4.78 is 0. The molecule has 3 heteroatoms. The smallest absolute Gasteiger partial charge is 0.128 e. The first-order valence-electron chi connectivity index (χ1n) is 6.20. The van der Waals surface area contributed by atoms with Gasteiger partial charge in [0, 0.05) is 24.3 Å². The summed E-state index contributed by atoms with van der Waals surface area (Å²) in [5, 5.41) is 0. The van der Waals surface area contributed by atoms with Crippen molar-refractivity contribution in [3.63, 3.8) is 0 Å². The van der Waals surface area contributed by atoms with Gasteiger partial charge in [0.25, 0.3) is 0 Å². The molecule has 86 valence electrons. The van der Waals surface area contributed by atoms with Crippen LogP contribution in [0.4, 0.5) is 5.82 Å². The number of hydrogen-bond donors (Lipinski definition) is 1. The summed E-state index contributed by atoms with van der Waals surface area (Å²) in [5.41, 5.74) is 7.30. The lowest BCUT2D eigenvalue weighted by Crippen LogP contribution is -2.47. The van der Waals surface area contributed by atoms with E-state index in [0.717, 1.165) is 18.7 Å². The predicted molar refractivity (Wildman–Crippen MR) is 65.5 cm³/mol. The quantitative estimate of drug-likeness (QED) is 0.780. The Kier molecular flexibility index (Phi) is 2.36. The van der Waals surface area contributed by atoms with Gasteiger partial charge in [0.1, 0.15) is 5.82 Å². The van der Waals surface area contributed by atoms with Crippen LogP contribution in [0.2, 0.25) is 0 Å². The maximum atomic E-state index is 6.07. The fourth-order valence-electron chi connectivity index (χ4n) is 3.21. The van der Waals surface area contributed by atoms with E-state index in [1.807, 2.05) is 6.20 Å². The molecule has 2 saturated heterocycles. The van der Waals surface area contributed by atoms with E-state index in [1.54, 1.807) is 0 Å². The molecule has 0 saturated carbocycles. The SMILES string of the molecule is Cc1ccc(N2C3CCC2CC(N)C3)nc1. The van der Waals surface area contributed by atoms with E-state index in [9.17, 15) is 0 Å². The predicted octanol–water partition coefficient (Wildman–Crippen LogP) is 1.85. The van der Waals surface area contributed by atoms with Crippen molar-refractivity contribution >= 4 is 5.82 Å². The van der Waals surface area contributed by atoms with Crippen molar-refractivity contribution < 1.29 is 0 Å². The zero-order chi connectivity index (χ0) is 11.1. The molecule has 1 aromatic rings. The minimum atomic E-state index is 0.402. The first kappa shape index (κ1) is 10.1. The lowest BCUT2D eigenvalue weighted by atomic mass is 9.98. The van der Waals surface area contributed by atoms with Crippen LogP contribution in [0.1, 0.15) is 31.2 Å². The average molecular weight is 217 g/mol. The van der Waals surface area contributed by atoms with Crippen molar-refractivity contribution in [3.8, 4) is 0 Å². The molecule has 2 fully saturated rings. The summed E-state index contributed by atoms with van der Waals surface area (Å²) in [6.45, 7) is 2.08. The van der Waals surface area contributed by atoms with E-state index >= 15 is 0 Å². The van der Waals surface area contributed by atoms with Crippen molar-refractivity contribution in [1.29, 1.82) is 0 Å². The number of aromatic nitrogens is 1. The number of hydrogen-bond acceptors (Lipinski definition) is 3. The molecule has 0 amide bonds. The zero-order valence-electron chi connectivity index (χ0n) is 9.76. The molecule has 2 unspecified atom stereocenters. The van der Waals surface area contributed by atoms with Gasteiger partial charge in [0.05, 0.1) is 0 Å². The summed E-state index contributed by atoms with van der Waals surface area (Å²) in [4.78, 5) is 7.06. The van der Waals surface area contributed by atoms with E-state index in [2.05, 4.69) is 28.9 Å². The molecular weight excluding hydrogens is 198 g/mol. The fourth-order valence-corrected chi connectivity index (χ4v) is 3.21. The first-order valence-corrected chi connectivity index (χ1v) is 6.20. The molecule has 16 heavy (non-hydrogen) atoms. The van der Waals surface area contributed by atoms with Crippen LogP contribution >= 0.6 is 0 Å². The number of fused-ring (bicyclic) bond motifs is 2. The summed E-state index contributed by atoms with van der Waals surface area (Å²) in [6.07, 6.45) is 6.79. The van der Waals surface area contributed by atoms with Gasteiger partial charge < -0.3 is 10.6 Å². The van der Waals surface area contributed by atoms with Crippen LogP contribution in [0, 0.1) is 6.92 Å². The van der Waals surface area contributed by atoms with Gasteiger partial charge in [-0.1, -0.05) is 6.07 Å². The highest BCUT2D eigenvalue weighted by molar-refractivity contribution is 5.44. The van der Waals surface area contributed by atoms with Crippen LogP contribution in [0.25, 0.3) is 0 Å². The van der Waals surface area contributed by atoms with E-state index < -0.39 is 0 Å². The van der Waals surface area contributed by atoms with Crippen molar-refractivity contribution in [2.45, 2.75) is 50.7 Å². The Morgan fingerprint density at radius 1 is 1.25 bits per heavy atom. The second kappa shape index (κ2) is 3.74. The maximum absolute atomic E-state index is 6.07. The van der Waals surface area contributed by atoms with Crippen LogP contribution < -0.4 is 10.6 Å². The van der Waals surface area contributed by atoms with Crippen LogP contribution in [0.3, 0.4) is 0 Å². The molecule has 2 N–H and O–H groups in total. The van der Waals surface area contributed by atoms with E-state index in [0.29, 0.717) is 18.1 Å². The third kappa shape index (κ3) is 1.59. The van der Waals surface area contributed by atoms with Gasteiger partial charge in [0.2, 0.25) is 0 Å². The van der Waals surface area contributed by atoms with Crippen LogP contribution in [0.15, 0.2) is 18.3 Å².